The molecule has 0 aliphatic heterocycles. The maximum absolute atomic E-state index is 12.4. The van der Waals surface area contributed by atoms with Crippen molar-refractivity contribution in [2.75, 3.05) is 21.3 Å². The predicted octanol–water partition coefficient (Wildman–Crippen LogP) is 4.90. The molecule has 5 heteroatoms. The number of ether oxygens (including phenoxy) is 3. The van der Waals surface area contributed by atoms with Gasteiger partial charge in [-0.05, 0) is 41.7 Å². The lowest BCUT2D eigenvalue weighted by Gasteiger charge is -2.20. The summed E-state index contributed by atoms with van der Waals surface area (Å²) in [5.74, 6) is 1.39. The number of carbonyl (C=O) groups excluding carboxylic acids is 1. The van der Waals surface area contributed by atoms with E-state index in [0.717, 1.165) is 11.1 Å². The number of carbonyl (C=O) groups is 1. The van der Waals surface area contributed by atoms with Crippen molar-refractivity contribution in [2.45, 2.75) is 39.2 Å². The molecule has 0 bridgehead atoms. The Kier molecular flexibility index (Phi) is 7.32. The van der Waals surface area contributed by atoms with Crippen LogP contribution in [-0.2, 0) is 10.2 Å². The molecule has 5 nitrogen and oxygen atoms in total. The molecule has 156 valence electrons. The zero-order valence-electron chi connectivity index (χ0n) is 18.3. The summed E-state index contributed by atoms with van der Waals surface area (Å²) in [7, 11) is 4.67. The van der Waals surface area contributed by atoms with E-state index in [-0.39, 0.29) is 17.4 Å². The summed E-state index contributed by atoms with van der Waals surface area (Å²) in [5.41, 5.74) is 3.15. The first-order chi connectivity index (χ1) is 13.7. The van der Waals surface area contributed by atoms with Crippen LogP contribution in [0.5, 0.6) is 17.2 Å². The third-order valence-electron chi connectivity index (χ3n) is 4.78. The minimum absolute atomic E-state index is 0.103. The quantitative estimate of drug-likeness (QED) is 0.675. The predicted molar refractivity (Wildman–Crippen MR) is 117 cm³/mol. The molecule has 0 fully saturated rings. The fraction of sp³-hybridized carbons (Fsp3) is 0.375. The first kappa shape index (κ1) is 22.3. The average Bonchev–Trinajstić information content (AvgIpc) is 2.70. The van der Waals surface area contributed by atoms with Crippen LogP contribution in [-0.4, -0.2) is 27.2 Å². The molecule has 2 rings (SSSR count). The fourth-order valence-electron chi connectivity index (χ4n) is 3.04. The summed E-state index contributed by atoms with van der Waals surface area (Å²) in [6.07, 6.45) is 3.19. The van der Waals surface area contributed by atoms with Gasteiger partial charge in [-0.1, -0.05) is 45.0 Å². The van der Waals surface area contributed by atoms with Gasteiger partial charge in [-0.25, -0.2) is 0 Å². The lowest BCUT2D eigenvalue weighted by Crippen LogP contribution is -2.24. The van der Waals surface area contributed by atoms with E-state index < -0.39 is 0 Å². The van der Waals surface area contributed by atoms with Crippen molar-refractivity contribution < 1.29 is 19.0 Å². The van der Waals surface area contributed by atoms with Crippen LogP contribution in [0.2, 0.25) is 0 Å². The van der Waals surface area contributed by atoms with Gasteiger partial charge in [0.15, 0.2) is 11.5 Å². The summed E-state index contributed by atoms with van der Waals surface area (Å²) in [5, 5.41) is 2.99. The first-order valence-corrected chi connectivity index (χ1v) is 9.59. The Morgan fingerprint density at radius 2 is 1.55 bits per heavy atom. The topological polar surface area (TPSA) is 56.8 Å². The monoisotopic (exact) mass is 397 g/mol. The molecular weight excluding hydrogens is 366 g/mol. The van der Waals surface area contributed by atoms with E-state index in [1.54, 1.807) is 33.5 Å². The number of methoxy groups -OCH3 is 3. The molecule has 1 atom stereocenters. The molecule has 0 spiro atoms. The molecular formula is C24H31NO4. The Morgan fingerprint density at radius 1 is 0.931 bits per heavy atom. The standard InChI is InChI=1S/C24H31NO4/c1-16(17-8-12-19(13-9-17)24(2,3)4)25-21(26)15-11-18-10-14-20(27-5)23(29-7)22(18)28-6/h8-16H,1-7H3,(H,25,26)/b15-11+/t16-/m0/s1. The molecule has 0 saturated heterocycles. The SMILES string of the molecule is COc1ccc(/C=C/C(=O)N[C@@H](C)c2ccc(C(C)(C)C)cc2)c(OC)c1OC. The van der Waals surface area contributed by atoms with Crippen LogP contribution in [0.4, 0.5) is 0 Å². The van der Waals surface area contributed by atoms with Crippen LogP contribution >= 0.6 is 0 Å². The number of nitrogens with one attached hydrogen (secondary N) is 1. The molecule has 0 radical (unpaired) electrons. The lowest BCUT2D eigenvalue weighted by atomic mass is 9.86. The Labute approximate surface area is 173 Å². The van der Waals surface area contributed by atoms with Crippen LogP contribution in [0.25, 0.3) is 6.08 Å². The molecule has 0 heterocycles. The van der Waals surface area contributed by atoms with Gasteiger partial charge in [0.1, 0.15) is 0 Å². The number of benzene rings is 2. The van der Waals surface area contributed by atoms with E-state index in [2.05, 4.69) is 50.4 Å². The van der Waals surface area contributed by atoms with Crippen molar-refractivity contribution in [3.8, 4) is 17.2 Å². The molecule has 0 unspecified atom stereocenters. The van der Waals surface area contributed by atoms with E-state index in [4.69, 9.17) is 14.2 Å². The zero-order valence-corrected chi connectivity index (χ0v) is 18.3. The number of hydrogen-bond acceptors (Lipinski definition) is 4. The minimum atomic E-state index is -0.186. The van der Waals surface area contributed by atoms with Crippen LogP contribution in [0.3, 0.4) is 0 Å². The highest BCUT2D eigenvalue weighted by molar-refractivity contribution is 5.92. The molecule has 0 saturated carbocycles. The Balaban J connectivity index is 2.11. The van der Waals surface area contributed by atoms with E-state index in [1.807, 2.05) is 13.0 Å². The van der Waals surface area contributed by atoms with Crippen LogP contribution < -0.4 is 19.5 Å². The Hall–Kier alpha value is -2.95. The number of rotatable bonds is 7. The lowest BCUT2D eigenvalue weighted by molar-refractivity contribution is -0.117. The van der Waals surface area contributed by atoms with E-state index in [1.165, 1.54) is 11.6 Å². The average molecular weight is 398 g/mol. The fourth-order valence-corrected chi connectivity index (χ4v) is 3.04. The van der Waals surface area contributed by atoms with Crippen LogP contribution in [0, 0.1) is 0 Å². The maximum atomic E-state index is 12.4. The third kappa shape index (κ3) is 5.53. The Bertz CT molecular complexity index is 864. The van der Waals surface area contributed by atoms with Gasteiger partial charge in [0, 0.05) is 11.6 Å². The van der Waals surface area contributed by atoms with Crippen molar-refractivity contribution in [3.05, 3.63) is 59.2 Å². The molecule has 29 heavy (non-hydrogen) atoms. The molecule has 2 aromatic rings. The van der Waals surface area contributed by atoms with Crippen LogP contribution in [0.1, 0.15) is 50.4 Å². The van der Waals surface area contributed by atoms with Gasteiger partial charge >= 0.3 is 0 Å². The summed E-state index contributed by atoms with van der Waals surface area (Å²) >= 11 is 0. The van der Waals surface area contributed by atoms with E-state index >= 15 is 0 Å². The molecule has 1 amide bonds. The van der Waals surface area contributed by atoms with Gasteiger partial charge in [0.2, 0.25) is 11.7 Å². The van der Waals surface area contributed by atoms with Crippen molar-refractivity contribution in [1.29, 1.82) is 0 Å². The van der Waals surface area contributed by atoms with Gasteiger partial charge < -0.3 is 19.5 Å². The van der Waals surface area contributed by atoms with Gasteiger partial charge in [-0.2, -0.15) is 0 Å². The highest BCUT2D eigenvalue weighted by Gasteiger charge is 2.16. The largest absolute Gasteiger partial charge is 0.493 e. The van der Waals surface area contributed by atoms with Gasteiger partial charge in [-0.15, -0.1) is 0 Å². The first-order valence-electron chi connectivity index (χ1n) is 9.59. The molecule has 0 aliphatic carbocycles. The smallest absolute Gasteiger partial charge is 0.244 e. The Morgan fingerprint density at radius 3 is 2.07 bits per heavy atom. The second kappa shape index (κ2) is 9.50. The van der Waals surface area contributed by atoms with Crippen molar-refractivity contribution in [1.82, 2.24) is 5.32 Å². The second-order valence-corrected chi connectivity index (χ2v) is 7.86. The maximum Gasteiger partial charge on any atom is 0.244 e. The minimum Gasteiger partial charge on any atom is -0.493 e. The van der Waals surface area contributed by atoms with Crippen molar-refractivity contribution in [2.24, 2.45) is 0 Å². The van der Waals surface area contributed by atoms with Gasteiger partial charge in [0.25, 0.3) is 0 Å². The van der Waals surface area contributed by atoms with E-state index in [9.17, 15) is 4.79 Å². The third-order valence-corrected chi connectivity index (χ3v) is 4.78. The summed E-state index contributed by atoms with van der Waals surface area (Å²) in [6, 6.07) is 11.8. The molecule has 0 aliphatic rings. The normalized spacial score (nSPS) is 12.5. The van der Waals surface area contributed by atoms with Crippen LogP contribution in [0.15, 0.2) is 42.5 Å². The van der Waals surface area contributed by atoms with Gasteiger partial charge in [-0.3, -0.25) is 4.79 Å². The highest BCUT2D eigenvalue weighted by atomic mass is 16.5. The summed E-state index contributed by atoms with van der Waals surface area (Å²) in [6.45, 7) is 8.51. The van der Waals surface area contributed by atoms with E-state index in [0.29, 0.717) is 17.2 Å². The summed E-state index contributed by atoms with van der Waals surface area (Å²) in [4.78, 5) is 12.4. The summed E-state index contributed by atoms with van der Waals surface area (Å²) < 4.78 is 16.1. The zero-order chi connectivity index (χ0) is 21.6. The molecule has 2 aromatic carbocycles. The van der Waals surface area contributed by atoms with Crippen molar-refractivity contribution in [3.63, 3.8) is 0 Å². The van der Waals surface area contributed by atoms with Gasteiger partial charge in [0.05, 0.1) is 27.4 Å². The number of amides is 1. The van der Waals surface area contributed by atoms with Crippen molar-refractivity contribution >= 4 is 12.0 Å². The molecule has 0 aromatic heterocycles. The highest BCUT2D eigenvalue weighted by Crippen LogP contribution is 2.40. The second-order valence-electron chi connectivity index (χ2n) is 7.86. The number of hydrogen-bond donors (Lipinski definition) is 1. The molecule has 1 N–H and O–H groups in total.